The molecule has 180 valence electrons. The Morgan fingerprint density at radius 3 is 2.76 bits per heavy atom. The number of fused-ring (bicyclic) bond motifs is 3. The summed E-state index contributed by atoms with van der Waals surface area (Å²) in [5.41, 5.74) is 2.05. The van der Waals surface area contributed by atoms with Crippen LogP contribution in [-0.4, -0.2) is 53.8 Å². The molecule has 7 nitrogen and oxygen atoms in total. The minimum atomic E-state index is -0.916. The molecule has 1 saturated heterocycles. The van der Waals surface area contributed by atoms with E-state index in [0.29, 0.717) is 31.6 Å². The van der Waals surface area contributed by atoms with E-state index < -0.39 is 17.0 Å². The third kappa shape index (κ3) is 3.58. The van der Waals surface area contributed by atoms with Crippen molar-refractivity contribution in [3.63, 3.8) is 0 Å². The van der Waals surface area contributed by atoms with Gasteiger partial charge in [0.2, 0.25) is 6.41 Å². The Bertz CT molecular complexity index is 1080. The van der Waals surface area contributed by atoms with E-state index in [0.717, 1.165) is 36.4 Å². The van der Waals surface area contributed by atoms with Crippen molar-refractivity contribution >= 4 is 12.4 Å². The zero-order valence-corrected chi connectivity index (χ0v) is 19.8. The van der Waals surface area contributed by atoms with E-state index in [4.69, 9.17) is 4.74 Å². The summed E-state index contributed by atoms with van der Waals surface area (Å²) in [7, 11) is 1.66. The molecule has 3 fully saturated rings. The van der Waals surface area contributed by atoms with Crippen LogP contribution in [-0.2, 0) is 16.8 Å². The number of ether oxygens (including phenoxy) is 1. The van der Waals surface area contributed by atoms with Gasteiger partial charge in [-0.25, -0.2) is 4.79 Å². The van der Waals surface area contributed by atoms with Crippen LogP contribution < -0.4 is 15.4 Å². The first-order valence-electron chi connectivity index (χ1n) is 12.1. The second-order valence-electron chi connectivity index (χ2n) is 10.2. The fraction of sp³-hybridized carbons (Fsp3) is 0.481. The summed E-state index contributed by atoms with van der Waals surface area (Å²) in [6.07, 6.45) is 3.13. The molecule has 3 N–H and O–H groups in total. The molecule has 0 spiro atoms. The van der Waals surface area contributed by atoms with Gasteiger partial charge in [-0.3, -0.25) is 15.0 Å². The van der Waals surface area contributed by atoms with Gasteiger partial charge in [0.05, 0.1) is 12.7 Å². The van der Waals surface area contributed by atoms with Crippen LogP contribution in [0, 0.1) is 12.8 Å². The molecule has 0 aromatic heterocycles. The Morgan fingerprint density at radius 2 is 2.03 bits per heavy atom. The first-order valence-corrected chi connectivity index (χ1v) is 12.1. The Morgan fingerprint density at radius 1 is 1.24 bits per heavy atom. The van der Waals surface area contributed by atoms with E-state index in [9.17, 15) is 14.7 Å². The highest BCUT2D eigenvalue weighted by molar-refractivity contribution is 5.84. The fourth-order valence-corrected chi connectivity index (χ4v) is 7.10. The quantitative estimate of drug-likeness (QED) is 0.573. The Labute approximate surface area is 200 Å². The zero-order valence-electron chi connectivity index (χ0n) is 19.8. The number of imide groups is 1. The summed E-state index contributed by atoms with van der Waals surface area (Å²) in [6.45, 7) is 3.86. The predicted molar refractivity (Wildman–Crippen MR) is 128 cm³/mol. The van der Waals surface area contributed by atoms with Crippen LogP contribution in [0.1, 0.15) is 42.4 Å². The largest absolute Gasteiger partial charge is 0.497 e. The number of aliphatic hydroxyl groups is 1. The maximum atomic E-state index is 12.5. The number of nitrogens with one attached hydrogen (secondary N) is 2. The van der Waals surface area contributed by atoms with Crippen LogP contribution in [0.4, 0.5) is 4.79 Å². The van der Waals surface area contributed by atoms with Gasteiger partial charge in [-0.2, -0.15) is 0 Å². The summed E-state index contributed by atoms with van der Waals surface area (Å²) in [5, 5.41) is 17.7. The van der Waals surface area contributed by atoms with Crippen molar-refractivity contribution in [2.75, 3.05) is 13.7 Å². The topological polar surface area (TPSA) is 90.9 Å². The smallest absolute Gasteiger partial charge is 0.321 e. The van der Waals surface area contributed by atoms with Crippen molar-refractivity contribution in [1.82, 2.24) is 15.5 Å². The van der Waals surface area contributed by atoms with Crippen LogP contribution >= 0.6 is 0 Å². The lowest BCUT2D eigenvalue weighted by atomic mass is 9.58. The highest BCUT2D eigenvalue weighted by Gasteiger charge is 2.70. The van der Waals surface area contributed by atoms with Gasteiger partial charge in [0, 0.05) is 30.6 Å². The molecule has 34 heavy (non-hydrogen) atoms. The molecule has 5 atom stereocenters. The molecular formula is C27H33N3O4. The van der Waals surface area contributed by atoms with Crippen molar-refractivity contribution in [3.8, 4) is 5.75 Å². The van der Waals surface area contributed by atoms with Crippen molar-refractivity contribution < 1.29 is 19.4 Å². The molecule has 2 aromatic carbocycles. The number of nitrogens with zero attached hydrogens (tertiary/aromatic N) is 1. The normalized spacial score (nSPS) is 32.1. The first-order chi connectivity index (χ1) is 16.4. The van der Waals surface area contributed by atoms with Crippen LogP contribution in [0.15, 0.2) is 48.5 Å². The molecule has 1 aliphatic heterocycles. The van der Waals surface area contributed by atoms with Crippen molar-refractivity contribution in [2.45, 2.75) is 62.3 Å². The van der Waals surface area contributed by atoms with Crippen molar-refractivity contribution in [3.05, 3.63) is 65.2 Å². The van der Waals surface area contributed by atoms with Gasteiger partial charge in [0.15, 0.2) is 0 Å². The molecule has 5 rings (SSSR count). The molecule has 1 unspecified atom stereocenters. The molecule has 3 amide bonds. The minimum absolute atomic E-state index is 0.0723. The lowest BCUT2D eigenvalue weighted by Crippen LogP contribution is -2.67. The first kappa shape index (κ1) is 22.9. The number of methoxy groups -OCH3 is 1. The average molecular weight is 464 g/mol. The zero-order chi connectivity index (χ0) is 23.9. The van der Waals surface area contributed by atoms with E-state index in [2.05, 4.69) is 58.9 Å². The van der Waals surface area contributed by atoms with E-state index in [1.807, 2.05) is 12.1 Å². The number of amides is 3. The maximum absolute atomic E-state index is 12.5. The van der Waals surface area contributed by atoms with Gasteiger partial charge in [0.25, 0.3) is 0 Å². The lowest BCUT2D eigenvalue weighted by Gasteiger charge is -2.56. The third-order valence-electron chi connectivity index (χ3n) is 8.42. The molecule has 2 saturated carbocycles. The second-order valence-corrected chi connectivity index (χ2v) is 10.2. The molecular weight excluding hydrogens is 430 g/mol. The second kappa shape index (κ2) is 8.71. The highest BCUT2D eigenvalue weighted by Crippen LogP contribution is 2.63. The molecule has 0 radical (unpaired) electrons. The van der Waals surface area contributed by atoms with E-state index in [1.54, 1.807) is 7.11 Å². The summed E-state index contributed by atoms with van der Waals surface area (Å²) >= 11 is 0. The number of urea groups is 1. The number of likely N-dealkylation sites (tertiary alicyclic amines) is 1. The van der Waals surface area contributed by atoms with Crippen LogP contribution in [0.25, 0.3) is 0 Å². The van der Waals surface area contributed by atoms with Crippen LogP contribution in [0.2, 0.25) is 0 Å². The van der Waals surface area contributed by atoms with Crippen LogP contribution in [0.5, 0.6) is 5.75 Å². The molecule has 2 aliphatic carbocycles. The maximum Gasteiger partial charge on any atom is 0.321 e. The van der Waals surface area contributed by atoms with E-state index in [-0.39, 0.29) is 12.1 Å². The highest BCUT2D eigenvalue weighted by atomic mass is 16.5. The lowest BCUT2D eigenvalue weighted by molar-refractivity contribution is -0.135. The third-order valence-corrected chi connectivity index (χ3v) is 8.42. The Hall–Kier alpha value is -2.90. The number of aryl methyl sites for hydroxylation is 1. The summed E-state index contributed by atoms with van der Waals surface area (Å²) in [4.78, 5) is 25.3. The predicted octanol–water partition coefficient (Wildman–Crippen LogP) is 2.88. The van der Waals surface area contributed by atoms with Crippen molar-refractivity contribution in [2.24, 2.45) is 5.92 Å². The van der Waals surface area contributed by atoms with Gasteiger partial charge in [-0.15, -0.1) is 0 Å². The monoisotopic (exact) mass is 463 g/mol. The van der Waals surface area contributed by atoms with Crippen LogP contribution in [0.3, 0.4) is 0 Å². The number of rotatable bonds is 6. The number of carbonyl (C=O) groups is 2. The number of carbonyl (C=O) groups excluding carboxylic acids is 2. The summed E-state index contributed by atoms with van der Waals surface area (Å²) in [5.74, 6) is 1.16. The van der Waals surface area contributed by atoms with Gasteiger partial charge in [-0.1, -0.05) is 36.4 Å². The summed E-state index contributed by atoms with van der Waals surface area (Å²) in [6, 6.07) is 15.9. The average Bonchev–Trinajstić information content (AvgIpc) is 3.02. The Balaban J connectivity index is 1.51. The minimum Gasteiger partial charge on any atom is -0.497 e. The van der Waals surface area contributed by atoms with Gasteiger partial charge in [0.1, 0.15) is 5.75 Å². The van der Waals surface area contributed by atoms with Gasteiger partial charge >= 0.3 is 6.03 Å². The molecule has 3 aliphatic rings. The number of hydrogen-bond acceptors (Lipinski definition) is 5. The molecule has 0 bridgehead atoms. The molecule has 2 aromatic rings. The van der Waals surface area contributed by atoms with Gasteiger partial charge in [-0.05, 0) is 67.3 Å². The molecule has 1 heterocycles. The van der Waals surface area contributed by atoms with Crippen molar-refractivity contribution in [1.29, 1.82) is 0 Å². The van der Waals surface area contributed by atoms with E-state index in [1.165, 1.54) is 5.56 Å². The number of hydrogen-bond donors (Lipinski definition) is 3. The Kier molecular flexibility index (Phi) is 5.86. The molecule has 7 heteroatoms. The standard InChI is InChI=1S/C27H33N3O4/c1-18-8-9-22(34-2)12-23(18)26-13-20-16-30(15-19-6-4-3-5-7-19)24(20)27(26,33)11-10-21(14-26)29-25(32)28-17-31/h3-9,12,17,20-21,24,33H,10-11,13-16H2,1-2H3,(H2,28,29,31,32)/t20?,21-,24+,26+,27+/m0/s1. The van der Waals surface area contributed by atoms with E-state index >= 15 is 0 Å². The SMILES string of the molecule is COc1ccc(C)c([C@]23CC4CN(Cc5ccccc5)[C@H]4[C@]2(O)CC[C@H](NC(=O)NC=O)C3)c1. The van der Waals surface area contributed by atoms with Gasteiger partial charge < -0.3 is 15.2 Å². The fourth-order valence-electron chi connectivity index (χ4n) is 7.10. The number of benzene rings is 2. The summed E-state index contributed by atoms with van der Waals surface area (Å²) < 4.78 is 5.56.